The lowest BCUT2D eigenvalue weighted by Crippen LogP contribution is -2.65. The Hall–Kier alpha value is -1.24. The molecule has 1 amide bonds. The van der Waals surface area contributed by atoms with E-state index in [0.29, 0.717) is 11.8 Å². The normalized spacial score (nSPS) is 28.1. The summed E-state index contributed by atoms with van der Waals surface area (Å²) in [7, 11) is -2.83. The van der Waals surface area contributed by atoms with Gasteiger partial charge in [-0.05, 0) is 87.4 Å². The molecule has 2 bridgehead atoms. The fraction of sp³-hybridized carbons (Fsp3) is 0.812. The van der Waals surface area contributed by atoms with Gasteiger partial charge in [0, 0.05) is 4.88 Å². The molecule has 11 heteroatoms. The molecule has 0 spiro atoms. The van der Waals surface area contributed by atoms with Gasteiger partial charge in [-0.15, -0.1) is 11.3 Å². The average molecular weight is 636 g/mol. The zero-order valence-electron chi connectivity index (χ0n) is 28.2. The van der Waals surface area contributed by atoms with Gasteiger partial charge in [-0.25, -0.2) is 0 Å². The van der Waals surface area contributed by atoms with Crippen LogP contribution in [-0.4, -0.2) is 69.9 Å². The third-order valence-corrected chi connectivity index (χ3v) is 15.7. The zero-order chi connectivity index (χ0) is 32.0. The van der Waals surface area contributed by atoms with Gasteiger partial charge in [-0.2, -0.15) is 0 Å². The van der Waals surface area contributed by atoms with Gasteiger partial charge in [0.15, 0.2) is 8.32 Å². The first kappa shape index (κ1) is 34.6. The third-order valence-electron chi connectivity index (χ3n) is 10.2. The summed E-state index contributed by atoms with van der Waals surface area (Å²) in [6.45, 7) is 23.6. The Morgan fingerprint density at radius 1 is 1.14 bits per heavy atom. The van der Waals surface area contributed by atoms with E-state index in [1.54, 1.807) is 11.3 Å². The van der Waals surface area contributed by atoms with Crippen LogP contribution in [0.15, 0.2) is 17.5 Å². The second-order valence-electron chi connectivity index (χ2n) is 16.1. The number of rotatable bonds is 12. The number of ether oxygens (including phenoxy) is 2. The molecule has 1 aliphatic heterocycles. The third kappa shape index (κ3) is 7.95. The van der Waals surface area contributed by atoms with Crippen molar-refractivity contribution in [3.8, 4) is 0 Å². The van der Waals surface area contributed by atoms with Crippen molar-refractivity contribution in [1.82, 2.24) is 5.32 Å². The molecule has 6 atom stereocenters. The summed E-state index contributed by atoms with van der Waals surface area (Å²) in [5.74, 6) is 0.109. The Kier molecular flexibility index (Phi) is 10.1. The van der Waals surface area contributed by atoms with Gasteiger partial charge in [0.05, 0.1) is 49.8 Å². The number of hydrogen-bond donors (Lipinski definition) is 1. The van der Waals surface area contributed by atoms with E-state index in [4.69, 9.17) is 23.2 Å². The summed E-state index contributed by atoms with van der Waals surface area (Å²) in [5, 5.41) is 5.09. The molecular formula is C32H54BNO7SSi. The molecule has 1 aromatic heterocycles. The van der Waals surface area contributed by atoms with E-state index in [2.05, 4.69) is 60.0 Å². The molecule has 1 unspecified atom stereocenters. The first-order chi connectivity index (χ1) is 19.7. The summed E-state index contributed by atoms with van der Waals surface area (Å²) in [4.78, 5) is 27.0. The molecule has 242 valence electrons. The number of amides is 1. The topological polar surface area (TPSA) is 92.3 Å². The summed E-state index contributed by atoms with van der Waals surface area (Å²) >= 11 is 1.56. The van der Waals surface area contributed by atoms with Crippen LogP contribution >= 0.6 is 11.3 Å². The van der Waals surface area contributed by atoms with E-state index < -0.39 is 38.7 Å². The molecule has 5 rings (SSSR count). The summed E-state index contributed by atoms with van der Waals surface area (Å²) in [6, 6.07) is 3.91. The number of thiophene rings is 1. The lowest BCUT2D eigenvalue weighted by molar-refractivity contribution is -0.199. The van der Waals surface area contributed by atoms with Crippen molar-refractivity contribution in [2.75, 3.05) is 13.2 Å². The summed E-state index contributed by atoms with van der Waals surface area (Å²) in [5.41, 5.74) is -0.769. The first-order valence-electron chi connectivity index (χ1n) is 15.8. The van der Waals surface area contributed by atoms with Crippen LogP contribution in [0.5, 0.6) is 0 Å². The minimum absolute atomic E-state index is 0.00666. The molecule has 0 radical (unpaired) electrons. The van der Waals surface area contributed by atoms with Crippen LogP contribution in [0.4, 0.5) is 0 Å². The number of carbonyl (C=O) groups excluding carboxylic acids is 2. The second kappa shape index (κ2) is 12.5. The maximum absolute atomic E-state index is 13.2. The molecule has 3 saturated carbocycles. The Morgan fingerprint density at radius 3 is 2.42 bits per heavy atom. The van der Waals surface area contributed by atoms with Crippen LogP contribution in [0.3, 0.4) is 0 Å². The fourth-order valence-corrected chi connectivity index (χ4v) is 8.75. The van der Waals surface area contributed by atoms with E-state index in [0.717, 1.165) is 17.7 Å². The predicted octanol–water partition coefficient (Wildman–Crippen LogP) is 6.18. The Bertz CT molecular complexity index is 1130. The molecule has 1 N–H and O–H groups in total. The van der Waals surface area contributed by atoms with Crippen molar-refractivity contribution in [2.24, 2.45) is 17.3 Å². The second-order valence-corrected chi connectivity index (χ2v) is 21.9. The van der Waals surface area contributed by atoms with Crippen LogP contribution in [0.25, 0.3) is 0 Å². The maximum Gasteiger partial charge on any atom is 0.484 e. The van der Waals surface area contributed by atoms with Crippen LogP contribution in [0.2, 0.25) is 18.1 Å². The lowest BCUT2D eigenvalue weighted by atomic mass is 9.43. The largest absolute Gasteiger partial charge is 0.484 e. The fourth-order valence-electron chi connectivity index (χ4n) is 6.71. The minimum atomic E-state index is -2.21. The standard InChI is InChI=1S/C32H54BNO7SSi/c1-29(2,3)38-28(36)17-22(40-43(10,11)30(4,5)6)19-37-20-26(34-27(35)18-23-13-12-14-42-23)33-39-25-16-21-15-24(31(21,7)8)32(25,9)41-33/h12-14,21-22,24-26H,15-20H2,1-11H3,(H,34,35)/t21-,22?,24-,25+,26-,32-/m0/s1. The van der Waals surface area contributed by atoms with Crippen molar-refractivity contribution in [2.45, 2.75) is 135 Å². The van der Waals surface area contributed by atoms with Gasteiger partial charge in [0.25, 0.3) is 0 Å². The van der Waals surface area contributed by atoms with E-state index in [1.807, 2.05) is 38.3 Å². The quantitative estimate of drug-likeness (QED) is 0.217. The highest BCUT2D eigenvalue weighted by molar-refractivity contribution is 7.10. The molecule has 1 saturated heterocycles. The molecule has 0 aromatic carbocycles. The average Bonchev–Trinajstić information content (AvgIpc) is 3.47. The number of hydrogen-bond acceptors (Lipinski definition) is 8. The molecule has 4 fully saturated rings. The number of nitrogens with one attached hydrogen (secondary N) is 1. The van der Waals surface area contributed by atoms with E-state index in [9.17, 15) is 9.59 Å². The van der Waals surface area contributed by atoms with Crippen LogP contribution in [-0.2, 0) is 39.2 Å². The molecule has 1 aromatic rings. The van der Waals surface area contributed by atoms with Crippen molar-refractivity contribution >= 4 is 38.6 Å². The van der Waals surface area contributed by atoms with Gasteiger partial charge in [-0.3, -0.25) is 9.59 Å². The molecule has 8 nitrogen and oxygen atoms in total. The molecule has 43 heavy (non-hydrogen) atoms. The van der Waals surface area contributed by atoms with Crippen LogP contribution in [0.1, 0.15) is 86.5 Å². The van der Waals surface area contributed by atoms with Crippen LogP contribution < -0.4 is 5.32 Å². The van der Waals surface area contributed by atoms with Crippen molar-refractivity contribution in [1.29, 1.82) is 0 Å². The molecule has 2 heterocycles. The minimum Gasteiger partial charge on any atom is -0.460 e. The highest BCUT2D eigenvalue weighted by Crippen LogP contribution is 2.65. The molecule has 3 aliphatic carbocycles. The lowest BCUT2D eigenvalue weighted by Gasteiger charge is -2.64. The predicted molar refractivity (Wildman–Crippen MR) is 173 cm³/mol. The van der Waals surface area contributed by atoms with Crippen molar-refractivity contribution in [3.05, 3.63) is 22.4 Å². The van der Waals surface area contributed by atoms with Gasteiger partial charge in [-0.1, -0.05) is 40.7 Å². The number of carbonyl (C=O) groups is 2. The maximum atomic E-state index is 13.2. The van der Waals surface area contributed by atoms with Gasteiger partial charge < -0.3 is 28.5 Å². The van der Waals surface area contributed by atoms with E-state index in [1.165, 1.54) is 0 Å². The summed E-state index contributed by atoms with van der Waals surface area (Å²) in [6.07, 6.45) is 2.01. The molecular weight excluding hydrogens is 581 g/mol. The zero-order valence-corrected chi connectivity index (χ0v) is 30.0. The Labute approximate surface area is 264 Å². The van der Waals surface area contributed by atoms with Crippen molar-refractivity contribution in [3.63, 3.8) is 0 Å². The van der Waals surface area contributed by atoms with E-state index >= 15 is 0 Å². The van der Waals surface area contributed by atoms with Gasteiger partial charge >= 0.3 is 13.1 Å². The highest BCUT2D eigenvalue weighted by Gasteiger charge is 2.68. The Balaban J connectivity index is 1.46. The smallest absolute Gasteiger partial charge is 0.460 e. The highest BCUT2D eigenvalue weighted by atomic mass is 32.1. The number of esters is 1. The first-order valence-corrected chi connectivity index (χ1v) is 19.6. The SMILES string of the molecule is CC(C)(C)OC(=O)CC(COC[C@H](NC(=O)Cc1cccs1)B1O[C@@H]2C[C@@H]3C[C@@H](C3(C)C)[C@]2(C)O1)O[Si](C)(C)C(C)(C)C. The summed E-state index contributed by atoms with van der Waals surface area (Å²) < 4.78 is 31.8. The van der Waals surface area contributed by atoms with Gasteiger partial charge in [0.2, 0.25) is 5.91 Å². The monoisotopic (exact) mass is 635 g/mol. The van der Waals surface area contributed by atoms with Crippen LogP contribution in [0, 0.1) is 17.3 Å². The van der Waals surface area contributed by atoms with Gasteiger partial charge in [0.1, 0.15) is 5.60 Å². The Morgan fingerprint density at radius 2 is 1.84 bits per heavy atom. The van der Waals surface area contributed by atoms with Crippen molar-refractivity contribution < 1.29 is 32.8 Å². The molecule has 4 aliphatic rings. The van der Waals surface area contributed by atoms with E-state index in [-0.39, 0.29) is 54.5 Å².